The lowest BCUT2D eigenvalue weighted by Gasteiger charge is -2.13. The molecule has 0 aliphatic rings. The summed E-state index contributed by atoms with van der Waals surface area (Å²) in [6.07, 6.45) is -4.59. The van der Waals surface area contributed by atoms with E-state index < -0.39 is 11.7 Å². The van der Waals surface area contributed by atoms with Crippen molar-refractivity contribution < 1.29 is 13.2 Å². The lowest BCUT2D eigenvalue weighted by molar-refractivity contribution is -0.137. The highest BCUT2D eigenvalue weighted by atomic mass is 35.5. The number of benzene rings is 2. The van der Waals surface area contributed by atoms with Crippen molar-refractivity contribution in [2.75, 3.05) is 0 Å². The Morgan fingerprint density at radius 2 is 1.93 bits per heavy atom. The molecule has 0 aliphatic heterocycles. The van der Waals surface area contributed by atoms with E-state index in [2.05, 4.69) is 20.5 Å². The molecule has 2 aromatic carbocycles. The number of hydrogen-bond acceptors (Lipinski definition) is 5. The molecule has 0 fully saturated rings. The van der Waals surface area contributed by atoms with Gasteiger partial charge in [0.15, 0.2) is 11.0 Å². The highest BCUT2D eigenvalue weighted by Crippen LogP contribution is 2.36. The molecule has 4 rings (SSSR count). The lowest BCUT2D eigenvalue weighted by atomic mass is 10.1. The summed E-state index contributed by atoms with van der Waals surface area (Å²) < 4.78 is 43.2. The molecule has 2 heterocycles. The molecule has 0 aliphatic carbocycles. The maximum absolute atomic E-state index is 13.4. The molecule has 0 saturated heterocycles. The van der Waals surface area contributed by atoms with E-state index in [1.54, 1.807) is 0 Å². The Hall–Kier alpha value is -2.59. The summed E-state index contributed by atoms with van der Waals surface area (Å²) in [5.41, 5.74) is 0.717. The first-order valence-electron chi connectivity index (χ1n) is 8.03. The molecule has 11 heteroatoms. The molecule has 0 N–H and O–H groups in total. The molecule has 2 aromatic heterocycles. The number of thioether (sulfide) groups is 1. The molecule has 0 unspecified atom stereocenters. The number of nitrogens with zero attached hydrogens (tertiary/aromatic N) is 6. The predicted octanol–water partition coefficient (Wildman–Crippen LogP) is 4.51. The summed E-state index contributed by atoms with van der Waals surface area (Å²) in [4.78, 5) is 4.53. The van der Waals surface area contributed by atoms with Crippen molar-refractivity contribution in [3.05, 3.63) is 58.9 Å². The van der Waals surface area contributed by atoms with Crippen molar-refractivity contribution in [3.8, 4) is 5.69 Å². The van der Waals surface area contributed by atoms with Crippen LogP contribution in [0.2, 0.25) is 5.02 Å². The number of aryl methyl sites for hydroxylation is 1. The van der Waals surface area contributed by atoms with Gasteiger partial charge in [-0.05, 0) is 40.8 Å². The lowest BCUT2D eigenvalue weighted by Crippen LogP contribution is -2.13. The molecule has 28 heavy (non-hydrogen) atoms. The fraction of sp³-hybridized carbons (Fsp3) is 0.176. The Morgan fingerprint density at radius 1 is 1.14 bits per heavy atom. The van der Waals surface area contributed by atoms with Gasteiger partial charge < -0.3 is 4.57 Å². The number of fused-ring (bicyclic) bond motifs is 1. The highest BCUT2D eigenvalue weighted by Gasteiger charge is 2.35. The van der Waals surface area contributed by atoms with Crippen LogP contribution in [0.15, 0.2) is 47.6 Å². The minimum Gasteiger partial charge on any atom is -0.322 e. The van der Waals surface area contributed by atoms with Gasteiger partial charge in [0, 0.05) is 12.1 Å². The maximum Gasteiger partial charge on any atom is 0.418 e. The Labute approximate surface area is 166 Å². The Balaban J connectivity index is 1.66. The molecule has 0 radical (unpaired) electrons. The molecule has 0 atom stereocenters. The van der Waals surface area contributed by atoms with Crippen LogP contribution >= 0.6 is 23.4 Å². The summed E-state index contributed by atoms with van der Waals surface area (Å²) in [6, 6.07) is 11.1. The number of rotatable bonds is 4. The number of hydrogen-bond donors (Lipinski definition) is 0. The van der Waals surface area contributed by atoms with Crippen molar-refractivity contribution >= 4 is 34.4 Å². The number of imidazole rings is 1. The first-order chi connectivity index (χ1) is 13.3. The Kier molecular flexibility index (Phi) is 4.76. The zero-order valence-corrected chi connectivity index (χ0v) is 15.9. The van der Waals surface area contributed by atoms with Crippen molar-refractivity contribution in [2.24, 2.45) is 7.05 Å². The normalized spacial score (nSPS) is 12.0. The van der Waals surface area contributed by atoms with Crippen LogP contribution in [0.3, 0.4) is 0 Å². The van der Waals surface area contributed by atoms with Gasteiger partial charge in [-0.25, -0.2) is 4.98 Å². The summed E-state index contributed by atoms with van der Waals surface area (Å²) in [6.45, 7) is 0. The minimum absolute atomic E-state index is 0.0141. The van der Waals surface area contributed by atoms with E-state index in [0.29, 0.717) is 5.16 Å². The van der Waals surface area contributed by atoms with Gasteiger partial charge in [-0.2, -0.15) is 17.9 Å². The number of alkyl halides is 3. The van der Waals surface area contributed by atoms with Gasteiger partial charge in [-0.15, -0.1) is 5.10 Å². The second kappa shape index (κ2) is 7.10. The smallest absolute Gasteiger partial charge is 0.322 e. The molecular weight excluding hydrogens is 413 g/mol. The molecular formula is C17H12ClF3N6S. The maximum atomic E-state index is 13.4. The number of para-hydroxylation sites is 2. The predicted molar refractivity (Wildman–Crippen MR) is 99.4 cm³/mol. The summed E-state index contributed by atoms with van der Waals surface area (Å²) in [7, 11) is 1.88. The van der Waals surface area contributed by atoms with Gasteiger partial charge in [0.2, 0.25) is 0 Å². The monoisotopic (exact) mass is 424 g/mol. The van der Waals surface area contributed by atoms with Crippen molar-refractivity contribution in [1.82, 2.24) is 29.8 Å². The third-order valence-electron chi connectivity index (χ3n) is 4.10. The third kappa shape index (κ3) is 3.45. The number of aromatic nitrogens is 6. The average molecular weight is 425 g/mol. The molecule has 0 saturated carbocycles. The quantitative estimate of drug-likeness (QED) is 0.451. The van der Waals surface area contributed by atoms with Gasteiger partial charge in [0.05, 0.1) is 28.0 Å². The molecule has 0 amide bonds. The van der Waals surface area contributed by atoms with E-state index in [9.17, 15) is 13.2 Å². The standard InChI is InChI=1S/C17H12ClF3N6S/c1-26-14-5-3-2-4-12(14)22-16(26)28-9-15-23-24-25-27(15)13-7-6-10(18)8-11(13)17(19,20)21/h2-8H,9H2,1H3. The van der Waals surface area contributed by atoms with E-state index in [-0.39, 0.29) is 22.3 Å². The van der Waals surface area contributed by atoms with Gasteiger partial charge in [-0.3, -0.25) is 0 Å². The van der Waals surface area contributed by atoms with E-state index in [1.807, 2.05) is 35.9 Å². The van der Waals surface area contributed by atoms with Gasteiger partial charge >= 0.3 is 6.18 Å². The minimum atomic E-state index is -4.59. The molecule has 0 bridgehead atoms. The van der Waals surface area contributed by atoms with Crippen LogP contribution in [0, 0.1) is 0 Å². The second-order valence-electron chi connectivity index (χ2n) is 5.90. The van der Waals surface area contributed by atoms with Crippen molar-refractivity contribution in [2.45, 2.75) is 17.1 Å². The van der Waals surface area contributed by atoms with Crippen molar-refractivity contribution in [1.29, 1.82) is 0 Å². The van der Waals surface area contributed by atoms with E-state index in [4.69, 9.17) is 11.6 Å². The fourth-order valence-corrected chi connectivity index (χ4v) is 3.85. The van der Waals surface area contributed by atoms with E-state index in [1.165, 1.54) is 23.9 Å². The van der Waals surface area contributed by atoms with Crippen LogP contribution in [0.1, 0.15) is 11.4 Å². The Bertz CT molecular complexity index is 1150. The van der Waals surface area contributed by atoms with E-state index in [0.717, 1.165) is 21.8 Å². The molecule has 6 nitrogen and oxygen atoms in total. The van der Waals surface area contributed by atoms with Crippen LogP contribution in [-0.2, 0) is 19.0 Å². The van der Waals surface area contributed by atoms with E-state index >= 15 is 0 Å². The van der Waals surface area contributed by atoms with Crippen LogP contribution in [0.5, 0.6) is 0 Å². The Morgan fingerprint density at radius 3 is 2.68 bits per heavy atom. The van der Waals surface area contributed by atoms with Crippen LogP contribution in [0.4, 0.5) is 13.2 Å². The highest BCUT2D eigenvalue weighted by molar-refractivity contribution is 7.98. The van der Waals surface area contributed by atoms with Gasteiger partial charge in [0.1, 0.15) is 0 Å². The SMILES string of the molecule is Cn1c(SCc2nnnn2-c2ccc(Cl)cc2C(F)(F)F)nc2ccccc21. The summed E-state index contributed by atoms with van der Waals surface area (Å²) in [5.74, 6) is 0.509. The number of tetrazole rings is 1. The molecule has 0 spiro atoms. The zero-order valence-electron chi connectivity index (χ0n) is 14.4. The largest absolute Gasteiger partial charge is 0.418 e. The topological polar surface area (TPSA) is 61.4 Å². The number of halogens is 4. The van der Waals surface area contributed by atoms with Gasteiger partial charge in [-0.1, -0.05) is 35.5 Å². The third-order valence-corrected chi connectivity index (χ3v) is 5.36. The average Bonchev–Trinajstić information content (AvgIpc) is 3.24. The van der Waals surface area contributed by atoms with Crippen molar-refractivity contribution in [3.63, 3.8) is 0 Å². The second-order valence-corrected chi connectivity index (χ2v) is 7.28. The van der Waals surface area contributed by atoms with Crippen LogP contribution in [0.25, 0.3) is 16.7 Å². The van der Waals surface area contributed by atoms with Crippen LogP contribution in [-0.4, -0.2) is 29.8 Å². The molecule has 4 aromatic rings. The molecule has 144 valence electrons. The first kappa shape index (κ1) is 18.8. The fourth-order valence-electron chi connectivity index (χ4n) is 2.78. The van der Waals surface area contributed by atoms with Crippen LogP contribution < -0.4 is 0 Å². The van der Waals surface area contributed by atoms with Gasteiger partial charge in [0.25, 0.3) is 0 Å². The summed E-state index contributed by atoms with van der Waals surface area (Å²) in [5, 5.41) is 11.9. The zero-order chi connectivity index (χ0) is 19.9. The summed E-state index contributed by atoms with van der Waals surface area (Å²) >= 11 is 7.08. The first-order valence-corrected chi connectivity index (χ1v) is 9.39.